The second-order valence-electron chi connectivity index (χ2n) is 7.22. The first-order valence-corrected chi connectivity index (χ1v) is 9.28. The van der Waals surface area contributed by atoms with Gasteiger partial charge in [0.1, 0.15) is 0 Å². The molecule has 1 aliphatic rings. The van der Waals surface area contributed by atoms with Crippen molar-refractivity contribution >= 4 is 11.6 Å². The van der Waals surface area contributed by atoms with E-state index in [2.05, 4.69) is 10.3 Å². The number of anilines is 1. The first-order chi connectivity index (χ1) is 14.1. The minimum absolute atomic E-state index is 0.0779. The largest absolute Gasteiger partial charge is 0.458 e. The van der Waals surface area contributed by atoms with Gasteiger partial charge in [-0.1, -0.05) is 6.07 Å². The van der Waals surface area contributed by atoms with Crippen molar-refractivity contribution in [3.05, 3.63) is 59.4 Å². The summed E-state index contributed by atoms with van der Waals surface area (Å²) in [6.45, 7) is 2.37. The minimum Gasteiger partial charge on any atom is -0.322 e. The Balaban J connectivity index is 1.90. The highest BCUT2D eigenvalue weighted by Crippen LogP contribution is 2.45. The predicted octanol–water partition coefficient (Wildman–Crippen LogP) is 3.74. The highest BCUT2D eigenvalue weighted by atomic mass is 19.4. The smallest absolute Gasteiger partial charge is 0.322 e. The summed E-state index contributed by atoms with van der Waals surface area (Å²) in [5.74, 6) is -5.54. The van der Waals surface area contributed by atoms with Crippen LogP contribution in [0.5, 0.6) is 0 Å². The van der Waals surface area contributed by atoms with Crippen LogP contribution in [-0.2, 0) is 12.5 Å². The molecule has 0 unspecified atom stereocenters. The molecule has 1 aromatic carbocycles. The molecule has 5 nitrogen and oxygen atoms in total. The van der Waals surface area contributed by atoms with Gasteiger partial charge in [0.25, 0.3) is 5.91 Å². The van der Waals surface area contributed by atoms with Crippen molar-refractivity contribution in [3.8, 4) is 0 Å². The Morgan fingerprint density at radius 2 is 1.80 bits per heavy atom. The average molecular weight is 428 g/mol. The maximum Gasteiger partial charge on any atom is 0.458 e. The third kappa shape index (κ3) is 4.93. The number of nitrogens with one attached hydrogen (secondary N) is 1. The third-order valence-corrected chi connectivity index (χ3v) is 4.97. The van der Waals surface area contributed by atoms with Gasteiger partial charge in [-0.05, 0) is 36.9 Å². The van der Waals surface area contributed by atoms with Crippen LogP contribution in [0, 0.1) is 0 Å². The number of pyridine rings is 1. The lowest BCUT2D eigenvalue weighted by Gasteiger charge is -2.33. The zero-order chi connectivity index (χ0) is 21.9. The van der Waals surface area contributed by atoms with E-state index in [4.69, 9.17) is 0 Å². The molecule has 30 heavy (non-hydrogen) atoms. The SMILES string of the molecule is CN1CCN(Cc2cc(NC(=O)c3cccnc3)ccc2C(F)(F)C(F)(F)F)CC1. The van der Waals surface area contributed by atoms with Gasteiger partial charge in [0, 0.05) is 56.4 Å². The van der Waals surface area contributed by atoms with Crippen molar-refractivity contribution in [2.24, 2.45) is 0 Å². The molecule has 3 rings (SSSR count). The molecule has 0 aliphatic carbocycles. The highest BCUT2D eigenvalue weighted by molar-refractivity contribution is 6.04. The highest BCUT2D eigenvalue weighted by Gasteiger charge is 2.59. The van der Waals surface area contributed by atoms with Crippen LogP contribution in [0.25, 0.3) is 0 Å². The molecular formula is C20H21F5N4O. The van der Waals surface area contributed by atoms with Crippen LogP contribution < -0.4 is 5.32 Å². The summed E-state index contributed by atoms with van der Waals surface area (Å²) in [7, 11) is 1.91. The number of benzene rings is 1. The van der Waals surface area contributed by atoms with Crippen LogP contribution in [0.2, 0.25) is 0 Å². The fraction of sp³-hybridized carbons (Fsp3) is 0.400. The van der Waals surface area contributed by atoms with E-state index in [0.29, 0.717) is 26.2 Å². The first kappa shape index (κ1) is 22.1. The summed E-state index contributed by atoms with van der Waals surface area (Å²) in [6.07, 6.45) is -2.91. The zero-order valence-corrected chi connectivity index (χ0v) is 16.2. The fourth-order valence-corrected chi connectivity index (χ4v) is 3.21. The molecule has 0 spiro atoms. The number of hydrogen-bond acceptors (Lipinski definition) is 4. The summed E-state index contributed by atoms with van der Waals surface area (Å²) in [4.78, 5) is 20.0. The Hall–Kier alpha value is -2.59. The summed E-state index contributed by atoms with van der Waals surface area (Å²) >= 11 is 0. The molecule has 1 saturated heterocycles. The topological polar surface area (TPSA) is 48.5 Å². The number of hydrogen-bond donors (Lipinski definition) is 1. The van der Waals surface area contributed by atoms with E-state index in [1.165, 1.54) is 24.5 Å². The van der Waals surface area contributed by atoms with Crippen LogP contribution in [-0.4, -0.2) is 60.1 Å². The molecule has 0 atom stereocenters. The number of halogens is 5. The number of amides is 1. The number of rotatable bonds is 5. The van der Waals surface area contributed by atoms with E-state index in [1.54, 1.807) is 6.07 Å². The Kier molecular flexibility index (Phi) is 6.37. The second-order valence-corrected chi connectivity index (χ2v) is 7.22. The normalized spacial score (nSPS) is 16.5. The standard InChI is InChI=1S/C20H21F5N4O/c1-28-7-9-29(10-8-28)13-15-11-16(27-18(30)14-3-2-6-26-12-14)4-5-17(15)19(21,22)20(23,24)25/h2-6,11-12H,7-10,13H2,1H3,(H,27,30). The molecule has 1 aliphatic heterocycles. The van der Waals surface area contributed by atoms with E-state index in [1.807, 2.05) is 16.8 Å². The Morgan fingerprint density at radius 1 is 1.10 bits per heavy atom. The predicted molar refractivity (Wildman–Crippen MR) is 101 cm³/mol. The van der Waals surface area contributed by atoms with Crippen LogP contribution in [0.15, 0.2) is 42.7 Å². The zero-order valence-electron chi connectivity index (χ0n) is 16.2. The molecule has 1 aromatic heterocycles. The molecule has 0 saturated carbocycles. The molecule has 0 bridgehead atoms. The second kappa shape index (κ2) is 8.65. The first-order valence-electron chi connectivity index (χ1n) is 9.28. The van der Waals surface area contributed by atoms with Crippen molar-refractivity contribution < 1.29 is 26.7 Å². The summed E-state index contributed by atoms with van der Waals surface area (Å²) in [6, 6.07) is 6.04. The number of aromatic nitrogens is 1. The summed E-state index contributed by atoms with van der Waals surface area (Å²) < 4.78 is 67.3. The Labute approximate surface area is 170 Å². The molecule has 1 fully saturated rings. The van der Waals surface area contributed by atoms with Gasteiger partial charge in [-0.3, -0.25) is 14.7 Å². The maximum atomic E-state index is 14.2. The molecular weight excluding hydrogens is 407 g/mol. The number of nitrogens with zero attached hydrogens (tertiary/aromatic N) is 3. The maximum absolute atomic E-state index is 14.2. The van der Waals surface area contributed by atoms with Gasteiger partial charge in [-0.15, -0.1) is 0 Å². The molecule has 162 valence electrons. The number of carbonyl (C=O) groups excluding carboxylic acids is 1. The van der Waals surface area contributed by atoms with Crippen molar-refractivity contribution in [2.45, 2.75) is 18.6 Å². The van der Waals surface area contributed by atoms with E-state index in [-0.39, 0.29) is 23.4 Å². The van der Waals surface area contributed by atoms with Crippen molar-refractivity contribution in [1.82, 2.24) is 14.8 Å². The van der Waals surface area contributed by atoms with Crippen molar-refractivity contribution in [2.75, 3.05) is 38.5 Å². The Bertz CT molecular complexity index is 881. The van der Waals surface area contributed by atoms with Gasteiger partial charge in [0.05, 0.1) is 5.56 Å². The summed E-state index contributed by atoms with van der Waals surface area (Å²) in [5.41, 5.74) is -0.906. The van der Waals surface area contributed by atoms with E-state index >= 15 is 0 Å². The number of carbonyl (C=O) groups is 1. The number of piperazine rings is 1. The van der Waals surface area contributed by atoms with Gasteiger partial charge < -0.3 is 10.2 Å². The van der Waals surface area contributed by atoms with E-state index in [9.17, 15) is 26.7 Å². The fourth-order valence-electron chi connectivity index (χ4n) is 3.21. The van der Waals surface area contributed by atoms with Crippen LogP contribution >= 0.6 is 0 Å². The van der Waals surface area contributed by atoms with Crippen LogP contribution in [0.3, 0.4) is 0 Å². The molecule has 10 heteroatoms. The van der Waals surface area contributed by atoms with Crippen molar-refractivity contribution in [3.63, 3.8) is 0 Å². The number of alkyl halides is 5. The lowest BCUT2D eigenvalue weighted by Crippen LogP contribution is -2.44. The molecule has 1 N–H and O–H groups in total. The van der Waals surface area contributed by atoms with Crippen LogP contribution in [0.1, 0.15) is 21.5 Å². The van der Waals surface area contributed by atoms with E-state index in [0.717, 1.165) is 12.1 Å². The van der Waals surface area contributed by atoms with Gasteiger partial charge in [-0.2, -0.15) is 22.0 Å². The van der Waals surface area contributed by atoms with Gasteiger partial charge >= 0.3 is 12.1 Å². The van der Waals surface area contributed by atoms with Gasteiger partial charge in [-0.25, -0.2) is 0 Å². The number of likely N-dealkylation sites (N-methyl/N-ethyl adjacent to an activating group) is 1. The lowest BCUT2D eigenvalue weighted by atomic mass is 9.99. The van der Waals surface area contributed by atoms with Gasteiger partial charge in [0.2, 0.25) is 0 Å². The van der Waals surface area contributed by atoms with E-state index < -0.39 is 23.6 Å². The summed E-state index contributed by atoms with van der Waals surface area (Å²) in [5, 5.41) is 2.53. The minimum atomic E-state index is -5.72. The average Bonchev–Trinajstić information content (AvgIpc) is 2.69. The monoisotopic (exact) mass is 428 g/mol. The van der Waals surface area contributed by atoms with Crippen molar-refractivity contribution in [1.29, 1.82) is 0 Å². The molecule has 2 aromatic rings. The van der Waals surface area contributed by atoms with Crippen LogP contribution in [0.4, 0.5) is 27.6 Å². The lowest BCUT2D eigenvalue weighted by molar-refractivity contribution is -0.289. The molecule has 2 heterocycles. The third-order valence-electron chi connectivity index (χ3n) is 4.97. The Morgan fingerprint density at radius 3 is 2.40 bits per heavy atom. The molecule has 0 radical (unpaired) electrons. The van der Waals surface area contributed by atoms with Gasteiger partial charge in [0.15, 0.2) is 0 Å². The quantitative estimate of drug-likeness (QED) is 0.738. The molecule has 1 amide bonds.